The SMILES string of the molecule is Cc1cc(CN)ccc1CSc1cccs1. The largest absolute Gasteiger partial charge is 0.326 e. The third kappa shape index (κ3) is 2.88. The molecule has 0 saturated heterocycles. The van der Waals surface area contributed by atoms with Gasteiger partial charge in [-0.2, -0.15) is 0 Å². The van der Waals surface area contributed by atoms with Gasteiger partial charge in [-0.25, -0.2) is 0 Å². The quantitative estimate of drug-likeness (QED) is 0.834. The van der Waals surface area contributed by atoms with Gasteiger partial charge in [-0.1, -0.05) is 24.3 Å². The average Bonchev–Trinajstić information content (AvgIpc) is 2.80. The Morgan fingerprint density at radius 1 is 1.31 bits per heavy atom. The Hall–Kier alpha value is -0.770. The zero-order valence-electron chi connectivity index (χ0n) is 9.27. The molecule has 2 N–H and O–H groups in total. The van der Waals surface area contributed by atoms with E-state index in [2.05, 4.69) is 42.6 Å². The fourth-order valence-corrected chi connectivity index (χ4v) is 3.40. The Bertz CT molecular complexity index is 449. The lowest BCUT2D eigenvalue weighted by molar-refractivity contribution is 1.06. The molecule has 0 aliphatic rings. The lowest BCUT2D eigenvalue weighted by Gasteiger charge is -2.06. The summed E-state index contributed by atoms with van der Waals surface area (Å²) >= 11 is 3.69. The Balaban J connectivity index is 2.04. The van der Waals surface area contributed by atoms with Crippen LogP contribution in [0.2, 0.25) is 0 Å². The highest BCUT2D eigenvalue weighted by Crippen LogP contribution is 2.28. The van der Waals surface area contributed by atoms with Crippen LogP contribution in [0, 0.1) is 6.92 Å². The van der Waals surface area contributed by atoms with Crippen LogP contribution < -0.4 is 5.73 Å². The van der Waals surface area contributed by atoms with Crippen LogP contribution in [0.5, 0.6) is 0 Å². The summed E-state index contributed by atoms with van der Waals surface area (Å²) < 4.78 is 1.38. The van der Waals surface area contributed by atoms with Crippen molar-refractivity contribution in [2.45, 2.75) is 23.4 Å². The molecule has 1 aromatic heterocycles. The third-order valence-corrected chi connectivity index (χ3v) is 4.69. The van der Waals surface area contributed by atoms with Crippen molar-refractivity contribution < 1.29 is 0 Å². The van der Waals surface area contributed by atoms with Gasteiger partial charge < -0.3 is 5.73 Å². The van der Waals surface area contributed by atoms with Crippen molar-refractivity contribution in [3.63, 3.8) is 0 Å². The Morgan fingerprint density at radius 2 is 2.19 bits per heavy atom. The monoisotopic (exact) mass is 249 g/mol. The minimum atomic E-state index is 0.624. The first-order valence-electron chi connectivity index (χ1n) is 5.24. The minimum absolute atomic E-state index is 0.624. The van der Waals surface area contributed by atoms with E-state index < -0.39 is 0 Å². The van der Waals surface area contributed by atoms with E-state index in [0.717, 1.165) is 5.75 Å². The maximum absolute atomic E-state index is 5.62. The van der Waals surface area contributed by atoms with Crippen LogP contribution in [0.3, 0.4) is 0 Å². The molecule has 0 radical (unpaired) electrons. The van der Waals surface area contributed by atoms with Gasteiger partial charge in [0.05, 0.1) is 4.21 Å². The van der Waals surface area contributed by atoms with E-state index in [1.54, 1.807) is 11.3 Å². The fraction of sp³-hybridized carbons (Fsp3) is 0.231. The van der Waals surface area contributed by atoms with Gasteiger partial charge in [-0.05, 0) is 35.1 Å². The molecule has 0 bridgehead atoms. The summed E-state index contributed by atoms with van der Waals surface area (Å²) in [7, 11) is 0. The van der Waals surface area contributed by atoms with E-state index in [-0.39, 0.29) is 0 Å². The summed E-state index contributed by atoms with van der Waals surface area (Å²) in [6, 6.07) is 10.8. The minimum Gasteiger partial charge on any atom is -0.326 e. The highest BCUT2D eigenvalue weighted by atomic mass is 32.2. The summed E-state index contributed by atoms with van der Waals surface area (Å²) in [4.78, 5) is 0. The van der Waals surface area contributed by atoms with E-state index in [9.17, 15) is 0 Å². The maximum Gasteiger partial charge on any atom is 0.0601 e. The van der Waals surface area contributed by atoms with Crippen LogP contribution in [-0.2, 0) is 12.3 Å². The Labute approximate surface area is 105 Å². The topological polar surface area (TPSA) is 26.0 Å². The molecule has 0 amide bonds. The van der Waals surface area contributed by atoms with Crippen molar-refractivity contribution in [1.29, 1.82) is 0 Å². The third-order valence-electron chi connectivity index (χ3n) is 2.51. The molecular formula is C13H15NS2. The van der Waals surface area contributed by atoms with Crippen LogP contribution in [0.25, 0.3) is 0 Å². The summed E-state index contributed by atoms with van der Waals surface area (Å²) in [5, 5.41) is 2.12. The standard InChI is InChI=1S/C13H15NS2/c1-10-7-11(8-14)4-5-12(10)9-16-13-3-2-6-15-13/h2-7H,8-9,14H2,1H3. The van der Waals surface area contributed by atoms with Crippen LogP contribution >= 0.6 is 23.1 Å². The Morgan fingerprint density at radius 3 is 2.81 bits per heavy atom. The number of hydrogen-bond donors (Lipinski definition) is 1. The van der Waals surface area contributed by atoms with Crippen LogP contribution in [0.1, 0.15) is 16.7 Å². The molecule has 0 fully saturated rings. The van der Waals surface area contributed by atoms with Crippen molar-refractivity contribution in [2.75, 3.05) is 0 Å². The molecule has 3 heteroatoms. The molecule has 84 valence electrons. The molecular weight excluding hydrogens is 234 g/mol. The number of thioether (sulfide) groups is 1. The normalized spacial score (nSPS) is 10.6. The van der Waals surface area contributed by atoms with Gasteiger partial charge in [-0.15, -0.1) is 23.1 Å². The summed E-state index contributed by atoms with van der Waals surface area (Å²) in [6.07, 6.45) is 0. The summed E-state index contributed by atoms with van der Waals surface area (Å²) in [5.41, 5.74) is 9.57. The number of thiophene rings is 1. The fourth-order valence-electron chi connectivity index (χ4n) is 1.54. The molecule has 0 aliphatic heterocycles. The van der Waals surface area contributed by atoms with Gasteiger partial charge in [0, 0.05) is 12.3 Å². The second-order valence-electron chi connectivity index (χ2n) is 3.69. The van der Waals surface area contributed by atoms with Gasteiger partial charge >= 0.3 is 0 Å². The number of nitrogens with two attached hydrogens (primary N) is 1. The maximum atomic E-state index is 5.62. The van der Waals surface area contributed by atoms with E-state index in [4.69, 9.17) is 5.73 Å². The molecule has 1 nitrogen and oxygen atoms in total. The van der Waals surface area contributed by atoms with Crippen LogP contribution in [0.15, 0.2) is 39.9 Å². The molecule has 0 spiro atoms. The van der Waals surface area contributed by atoms with Gasteiger partial charge in [-0.3, -0.25) is 0 Å². The lowest BCUT2D eigenvalue weighted by Crippen LogP contribution is -1.97. The zero-order chi connectivity index (χ0) is 11.4. The predicted octanol–water partition coefficient (Wildman–Crippen LogP) is 3.81. The van der Waals surface area contributed by atoms with Crippen molar-refractivity contribution in [3.8, 4) is 0 Å². The van der Waals surface area contributed by atoms with E-state index in [1.807, 2.05) is 11.8 Å². The lowest BCUT2D eigenvalue weighted by atomic mass is 10.1. The van der Waals surface area contributed by atoms with Gasteiger partial charge in [0.15, 0.2) is 0 Å². The molecule has 2 aromatic rings. The molecule has 1 heterocycles. The zero-order valence-corrected chi connectivity index (χ0v) is 10.9. The summed E-state index contributed by atoms with van der Waals surface area (Å²) in [5.74, 6) is 1.04. The smallest absolute Gasteiger partial charge is 0.0601 e. The van der Waals surface area contributed by atoms with E-state index >= 15 is 0 Å². The number of aryl methyl sites for hydroxylation is 1. The average molecular weight is 249 g/mol. The van der Waals surface area contributed by atoms with Gasteiger partial charge in [0.1, 0.15) is 0 Å². The molecule has 0 saturated carbocycles. The van der Waals surface area contributed by atoms with E-state index in [0.29, 0.717) is 6.54 Å². The molecule has 2 rings (SSSR count). The summed E-state index contributed by atoms with van der Waals surface area (Å²) in [6.45, 7) is 2.78. The number of benzene rings is 1. The first kappa shape index (κ1) is 11.7. The first-order valence-corrected chi connectivity index (χ1v) is 7.11. The highest BCUT2D eigenvalue weighted by Gasteiger charge is 2.01. The van der Waals surface area contributed by atoms with Crippen LogP contribution in [-0.4, -0.2) is 0 Å². The van der Waals surface area contributed by atoms with Crippen molar-refractivity contribution in [2.24, 2.45) is 5.73 Å². The number of rotatable bonds is 4. The molecule has 0 unspecified atom stereocenters. The highest BCUT2D eigenvalue weighted by molar-refractivity contribution is 8.00. The molecule has 0 aliphatic carbocycles. The van der Waals surface area contributed by atoms with Crippen molar-refractivity contribution >= 4 is 23.1 Å². The van der Waals surface area contributed by atoms with Crippen molar-refractivity contribution in [3.05, 3.63) is 52.4 Å². The molecule has 16 heavy (non-hydrogen) atoms. The van der Waals surface area contributed by atoms with E-state index in [1.165, 1.54) is 20.9 Å². The van der Waals surface area contributed by atoms with Crippen LogP contribution in [0.4, 0.5) is 0 Å². The molecule has 1 aromatic carbocycles. The first-order chi connectivity index (χ1) is 7.79. The van der Waals surface area contributed by atoms with Gasteiger partial charge in [0.2, 0.25) is 0 Å². The van der Waals surface area contributed by atoms with Gasteiger partial charge in [0.25, 0.3) is 0 Å². The Kier molecular flexibility index (Phi) is 4.04. The number of hydrogen-bond acceptors (Lipinski definition) is 3. The predicted molar refractivity (Wildman–Crippen MR) is 73.0 cm³/mol. The second kappa shape index (κ2) is 5.53. The molecule has 0 atom stereocenters. The van der Waals surface area contributed by atoms with Crippen molar-refractivity contribution in [1.82, 2.24) is 0 Å². The second-order valence-corrected chi connectivity index (χ2v) is 5.91.